The molecule has 3 N–H and O–H groups in total. The molecule has 0 unspecified atom stereocenters. The van der Waals surface area contributed by atoms with Crippen molar-refractivity contribution in [2.45, 2.75) is 17.4 Å². The number of hydrogen-bond donors (Lipinski definition) is 3. The summed E-state index contributed by atoms with van der Waals surface area (Å²) in [5, 5.41) is 14.5. The summed E-state index contributed by atoms with van der Waals surface area (Å²) in [5.74, 6) is -0.696. The molecule has 1 aromatic heterocycles. The highest BCUT2D eigenvalue weighted by Gasteiger charge is 2.22. The van der Waals surface area contributed by atoms with E-state index in [1.54, 1.807) is 0 Å². The van der Waals surface area contributed by atoms with Crippen molar-refractivity contribution in [1.82, 2.24) is 9.71 Å². The third-order valence-electron chi connectivity index (χ3n) is 4.31. The van der Waals surface area contributed by atoms with Gasteiger partial charge in [0.2, 0.25) is 10.0 Å². The van der Waals surface area contributed by atoms with Gasteiger partial charge in [-0.15, -0.1) is 0 Å². The molecule has 1 saturated heterocycles. The number of benzene rings is 1. The summed E-state index contributed by atoms with van der Waals surface area (Å²) in [5.41, 5.74) is 0.153. The molecule has 1 aromatic carbocycles. The molecule has 0 spiro atoms. The maximum absolute atomic E-state index is 13.2. The van der Waals surface area contributed by atoms with E-state index >= 15 is 0 Å². The number of anilines is 1. The van der Waals surface area contributed by atoms with Gasteiger partial charge in [-0.3, -0.25) is 10.1 Å². The van der Waals surface area contributed by atoms with Crippen LogP contribution in [0.2, 0.25) is 0 Å². The monoisotopic (exact) mass is 502 g/mol. The number of nitrogens with zero attached hydrogens (tertiary/aromatic N) is 2. The third-order valence-corrected chi connectivity index (χ3v) is 6.48. The molecule has 14 heteroatoms. The van der Waals surface area contributed by atoms with Crippen LogP contribution >= 0.6 is 11.3 Å². The highest BCUT2D eigenvalue weighted by Crippen LogP contribution is 2.18. The summed E-state index contributed by atoms with van der Waals surface area (Å²) in [6.07, 6.45) is 1.27. The minimum atomic E-state index is -3.81. The molecule has 11 nitrogen and oxygen atoms in total. The fraction of sp³-hybridized carbons (Fsp3) is 0.421. The average molecular weight is 503 g/mol. The van der Waals surface area contributed by atoms with Crippen LogP contribution in [0.25, 0.3) is 0 Å². The average Bonchev–Trinajstić information content (AvgIpc) is 3.46. The van der Waals surface area contributed by atoms with Crippen LogP contribution in [0.15, 0.2) is 40.5 Å². The third kappa shape index (κ3) is 7.52. The number of sulfonamides is 1. The van der Waals surface area contributed by atoms with Gasteiger partial charge >= 0.3 is 0 Å². The Hall–Kier alpha value is -2.49. The van der Waals surface area contributed by atoms with E-state index in [0.29, 0.717) is 31.0 Å². The van der Waals surface area contributed by atoms with Gasteiger partial charge in [0.15, 0.2) is 22.1 Å². The normalized spacial score (nSPS) is 16.7. The Balaban J connectivity index is 1.73. The zero-order valence-corrected chi connectivity index (χ0v) is 19.0. The second kappa shape index (κ2) is 12.1. The zero-order valence-electron chi connectivity index (χ0n) is 17.4. The summed E-state index contributed by atoms with van der Waals surface area (Å²) in [7, 11) is -3.81. The predicted octanol–water partition coefficient (Wildman–Crippen LogP) is 0.718. The molecule has 2 heterocycles. The van der Waals surface area contributed by atoms with Crippen molar-refractivity contribution in [3.8, 4) is 0 Å². The lowest BCUT2D eigenvalue weighted by atomic mass is 10.1. The van der Waals surface area contributed by atoms with E-state index < -0.39 is 21.1 Å². The minimum absolute atomic E-state index is 0.0275. The molecule has 1 atom stereocenters. The van der Waals surface area contributed by atoms with Crippen LogP contribution in [-0.2, 0) is 29.1 Å². The standard InChI is InChI=1S/C19H23FN4O7S2/c20-16-11-21-19(32-16)23-18(26)17(24-31-14-5-8-30-12-14)13-1-3-15(4-2-13)33(27,28)22-6-9-29-10-7-25/h1-4,11,14,22,25H,5-10,12H2,(H,21,23,26)/t14-/m1/s1. The largest absolute Gasteiger partial charge is 0.394 e. The zero-order chi connectivity index (χ0) is 23.7. The second-order valence-electron chi connectivity index (χ2n) is 6.71. The highest BCUT2D eigenvalue weighted by atomic mass is 32.2. The molecule has 1 fully saturated rings. The summed E-state index contributed by atoms with van der Waals surface area (Å²) in [6, 6.07) is 5.45. The summed E-state index contributed by atoms with van der Waals surface area (Å²) in [4.78, 5) is 21.9. The Morgan fingerprint density at radius 3 is 2.76 bits per heavy atom. The van der Waals surface area contributed by atoms with Gasteiger partial charge in [-0.25, -0.2) is 18.1 Å². The van der Waals surface area contributed by atoms with E-state index in [1.807, 2.05) is 0 Å². The van der Waals surface area contributed by atoms with Crippen LogP contribution in [0.5, 0.6) is 0 Å². The van der Waals surface area contributed by atoms with Gasteiger partial charge in [-0.1, -0.05) is 28.6 Å². The lowest BCUT2D eigenvalue weighted by Gasteiger charge is -2.11. The van der Waals surface area contributed by atoms with E-state index in [9.17, 15) is 17.6 Å². The van der Waals surface area contributed by atoms with Gasteiger partial charge in [-0.2, -0.15) is 4.39 Å². The van der Waals surface area contributed by atoms with E-state index in [1.165, 1.54) is 24.3 Å². The maximum Gasteiger partial charge on any atom is 0.280 e. The molecule has 180 valence electrons. The Morgan fingerprint density at radius 2 is 2.12 bits per heavy atom. The number of carbonyl (C=O) groups is 1. The smallest absolute Gasteiger partial charge is 0.280 e. The van der Waals surface area contributed by atoms with E-state index in [0.717, 1.165) is 6.20 Å². The summed E-state index contributed by atoms with van der Waals surface area (Å²) >= 11 is 0.653. The number of ether oxygens (including phenoxy) is 2. The van der Waals surface area contributed by atoms with Crippen LogP contribution in [0.1, 0.15) is 12.0 Å². The first-order valence-corrected chi connectivity index (χ1v) is 12.2. The molecule has 0 radical (unpaired) electrons. The van der Waals surface area contributed by atoms with E-state index in [-0.39, 0.29) is 53.8 Å². The van der Waals surface area contributed by atoms with Gasteiger partial charge in [0.25, 0.3) is 5.91 Å². The molecule has 0 saturated carbocycles. The van der Waals surface area contributed by atoms with Crippen molar-refractivity contribution >= 4 is 38.1 Å². The maximum atomic E-state index is 13.2. The number of hydrogen-bond acceptors (Lipinski definition) is 10. The van der Waals surface area contributed by atoms with Crippen LogP contribution in [0, 0.1) is 5.13 Å². The van der Waals surface area contributed by atoms with Crippen molar-refractivity contribution < 1.29 is 37.0 Å². The van der Waals surface area contributed by atoms with Crippen molar-refractivity contribution in [1.29, 1.82) is 0 Å². The number of oxime groups is 1. The highest BCUT2D eigenvalue weighted by molar-refractivity contribution is 7.89. The van der Waals surface area contributed by atoms with Gasteiger partial charge in [-0.05, 0) is 12.1 Å². The Morgan fingerprint density at radius 1 is 1.33 bits per heavy atom. The lowest BCUT2D eigenvalue weighted by molar-refractivity contribution is -0.110. The van der Waals surface area contributed by atoms with Gasteiger partial charge in [0.05, 0.1) is 44.1 Å². The van der Waals surface area contributed by atoms with Crippen molar-refractivity contribution in [2.24, 2.45) is 5.16 Å². The van der Waals surface area contributed by atoms with Crippen LogP contribution in [0.3, 0.4) is 0 Å². The van der Waals surface area contributed by atoms with Gasteiger partial charge in [0, 0.05) is 18.5 Å². The second-order valence-corrected chi connectivity index (χ2v) is 9.46. The Labute approximate surface area is 193 Å². The van der Waals surface area contributed by atoms with Gasteiger partial charge in [0.1, 0.15) is 0 Å². The molecule has 1 amide bonds. The number of amides is 1. The molecule has 1 aliphatic heterocycles. The number of nitrogens with one attached hydrogen (secondary N) is 2. The molecular weight excluding hydrogens is 479 g/mol. The van der Waals surface area contributed by atoms with Crippen molar-refractivity contribution in [3.05, 3.63) is 41.2 Å². The Bertz CT molecular complexity index is 1050. The van der Waals surface area contributed by atoms with Crippen molar-refractivity contribution in [3.63, 3.8) is 0 Å². The number of rotatable bonds is 12. The topological polar surface area (TPSA) is 148 Å². The first-order valence-electron chi connectivity index (χ1n) is 9.92. The summed E-state index contributed by atoms with van der Waals surface area (Å²) in [6.45, 7) is 0.949. The number of aromatic nitrogens is 1. The number of carbonyl (C=O) groups excluding carboxylic acids is 1. The van der Waals surface area contributed by atoms with Crippen LogP contribution in [-0.4, -0.2) is 75.8 Å². The van der Waals surface area contributed by atoms with E-state index in [4.69, 9.17) is 19.4 Å². The first-order chi connectivity index (χ1) is 15.9. The van der Waals surface area contributed by atoms with Crippen molar-refractivity contribution in [2.75, 3.05) is 44.9 Å². The van der Waals surface area contributed by atoms with Crippen LogP contribution in [0.4, 0.5) is 9.52 Å². The molecule has 2 aromatic rings. The Kier molecular flexibility index (Phi) is 9.22. The minimum Gasteiger partial charge on any atom is -0.394 e. The fourth-order valence-corrected chi connectivity index (χ4v) is 4.26. The summed E-state index contributed by atoms with van der Waals surface area (Å²) < 4.78 is 50.7. The SMILES string of the molecule is O=C(Nc1ncc(F)s1)C(=NO[C@@H]1CCOC1)c1ccc(S(=O)(=O)NCCOCCO)cc1. The number of halogens is 1. The number of aliphatic hydroxyl groups excluding tert-OH is 1. The fourth-order valence-electron chi connectivity index (χ4n) is 2.71. The molecule has 33 heavy (non-hydrogen) atoms. The molecule has 1 aliphatic rings. The number of aliphatic hydroxyl groups is 1. The van der Waals surface area contributed by atoms with Crippen LogP contribution < -0.4 is 10.0 Å². The quantitative estimate of drug-likeness (QED) is 0.218. The molecule has 0 bridgehead atoms. The predicted molar refractivity (Wildman–Crippen MR) is 117 cm³/mol. The first kappa shape index (κ1) is 25.1. The lowest BCUT2D eigenvalue weighted by Crippen LogP contribution is -2.28. The van der Waals surface area contributed by atoms with E-state index in [2.05, 4.69) is 20.2 Å². The molecular formula is C19H23FN4O7S2. The number of thiazole rings is 1. The van der Waals surface area contributed by atoms with Gasteiger partial charge < -0.3 is 19.4 Å². The molecule has 0 aliphatic carbocycles. The molecule has 3 rings (SSSR count).